The van der Waals surface area contributed by atoms with E-state index in [1.807, 2.05) is 20.9 Å². The van der Waals surface area contributed by atoms with E-state index in [0.29, 0.717) is 16.9 Å². The number of anilines is 1. The number of nitrogens with zero attached hydrogens (tertiary/aromatic N) is 3. The van der Waals surface area contributed by atoms with Crippen LogP contribution in [0.4, 0.5) is 5.82 Å². The Balaban J connectivity index is 0.00000126. The number of benzene rings is 1. The van der Waals surface area contributed by atoms with Crippen LogP contribution in [0.25, 0.3) is 21.9 Å². The number of carboxylic acid groups (broad SMARTS) is 1. The Morgan fingerprint density at radius 3 is 2.67 bits per heavy atom. The van der Waals surface area contributed by atoms with Gasteiger partial charge in [-0.05, 0) is 31.7 Å². The van der Waals surface area contributed by atoms with E-state index in [2.05, 4.69) is 21.8 Å². The number of fused-ring (bicyclic) bond motifs is 3. The molecule has 0 aliphatic carbocycles. The summed E-state index contributed by atoms with van der Waals surface area (Å²) in [5.41, 5.74) is 8.54. The number of aryl methyl sites for hydroxylation is 1. The van der Waals surface area contributed by atoms with Crippen LogP contribution in [0.15, 0.2) is 18.2 Å². The maximum absolute atomic E-state index is 11.2. The van der Waals surface area contributed by atoms with E-state index >= 15 is 0 Å². The van der Waals surface area contributed by atoms with Gasteiger partial charge in [0.15, 0.2) is 5.82 Å². The summed E-state index contributed by atoms with van der Waals surface area (Å²) in [5, 5.41) is 13.3. The topological polar surface area (TPSA) is 106 Å². The predicted molar refractivity (Wildman–Crippen MR) is 110 cm³/mol. The first-order valence-corrected chi connectivity index (χ1v) is 9.53. The SMILES string of the molecule is CC.CCCCc1nc2c(N)nc3cc(C(=O)O)ccc3c2n1CCNC. The molecule has 0 amide bonds. The Labute approximate surface area is 159 Å². The van der Waals surface area contributed by atoms with Gasteiger partial charge in [0.25, 0.3) is 0 Å². The van der Waals surface area contributed by atoms with Crippen molar-refractivity contribution in [1.29, 1.82) is 0 Å². The Hall–Kier alpha value is -2.67. The lowest BCUT2D eigenvalue weighted by molar-refractivity contribution is 0.0697. The summed E-state index contributed by atoms with van der Waals surface area (Å²) in [7, 11) is 1.91. The smallest absolute Gasteiger partial charge is 0.335 e. The maximum Gasteiger partial charge on any atom is 0.335 e. The van der Waals surface area contributed by atoms with Crippen molar-refractivity contribution in [2.24, 2.45) is 0 Å². The number of rotatable bonds is 7. The first-order valence-electron chi connectivity index (χ1n) is 9.53. The van der Waals surface area contributed by atoms with Gasteiger partial charge in [0.2, 0.25) is 0 Å². The largest absolute Gasteiger partial charge is 0.478 e. The number of carboxylic acids is 1. The van der Waals surface area contributed by atoms with Crippen LogP contribution in [0.1, 0.15) is 49.8 Å². The van der Waals surface area contributed by atoms with Crippen LogP contribution >= 0.6 is 0 Å². The molecule has 0 radical (unpaired) electrons. The molecule has 0 saturated carbocycles. The molecular formula is C20H29N5O2. The minimum Gasteiger partial charge on any atom is -0.478 e. The summed E-state index contributed by atoms with van der Waals surface area (Å²) in [5.74, 6) is 0.357. The van der Waals surface area contributed by atoms with Gasteiger partial charge in [0.05, 0.1) is 16.6 Å². The van der Waals surface area contributed by atoms with E-state index in [-0.39, 0.29) is 5.56 Å². The lowest BCUT2D eigenvalue weighted by atomic mass is 10.1. The summed E-state index contributed by atoms with van der Waals surface area (Å²) in [6, 6.07) is 4.96. The quantitative estimate of drug-likeness (QED) is 0.587. The molecule has 2 aromatic heterocycles. The number of nitrogens with one attached hydrogen (secondary N) is 1. The highest BCUT2D eigenvalue weighted by Crippen LogP contribution is 2.30. The van der Waals surface area contributed by atoms with Gasteiger partial charge in [-0.1, -0.05) is 27.2 Å². The van der Waals surface area contributed by atoms with Crippen LogP contribution in [0.5, 0.6) is 0 Å². The molecule has 0 fully saturated rings. The number of carbonyl (C=O) groups is 1. The van der Waals surface area contributed by atoms with Crippen molar-refractivity contribution in [3.05, 3.63) is 29.6 Å². The van der Waals surface area contributed by atoms with Crippen molar-refractivity contribution in [2.45, 2.75) is 46.6 Å². The van der Waals surface area contributed by atoms with Gasteiger partial charge in [-0.15, -0.1) is 0 Å². The van der Waals surface area contributed by atoms with Crippen molar-refractivity contribution in [1.82, 2.24) is 19.9 Å². The fourth-order valence-corrected chi connectivity index (χ4v) is 3.08. The first-order chi connectivity index (χ1) is 13.1. The molecule has 3 rings (SSSR count). The second-order valence-electron chi connectivity index (χ2n) is 6.12. The molecular weight excluding hydrogens is 342 g/mol. The molecule has 7 nitrogen and oxygen atoms in total. The third-order valence-corrected chi connectivity index (χ3v) is 4.37. The van der Waals surface area contributed by atoms with Gasteiger partial charge in [-0.25, -0.2) is 14.8 Å². The molecule has 2 heterocycles. The number of nitrogen functional groups attached to an aromatic ring is 1. The fraction of sp³-hybridized carbons (Fsp3) is 0.450. The third-order valence-electron chi connectivity index (χ3n) is 4.37. The lowest BCUT2D eigenvalue weighted by Crippen LogP contribution is -2.16. The summed E-state index contributed by atoms with van der Waals surface area (Å²) < 4.78 is 2.18. The van der Waals surface area contributed by atoms with E-state index < -0.39 is 5.97 Å². The van der Waals surface area contributed by atoms with Crippen LogP contribution in [0.2, 0.25) is 0 Å². The number of hydrogen-bond acceptors (Lipinski definition) is 5. The molecule has 0 aliphatic rings. The minimum absolute atomic E-state index is 0.200. The number of aromatic carboxylic acids is 1. The maximum atomic E-state index is 11.2. The molecule has 0 unspecified atom stereocenters. The highest BCUT2D eigenvalue weighted by molar-refractivity contribution is 6.08. The zero-order valence-electron chi connectivity index (χ0n) is 16.5. The molecule has 0 bridgehead atoms. The van der Waals surface area contributed by atoms with Gasteiger partial charge < -0.3 is 20.7 Å². The van der Waals surface area contributed by atoms with Crippen molar-refractivity contribution < 1.29 is 9.90 Å². The zero-order valence-corrected chi connectivity index (χ0v) is 16.5. The second kappa shape index (κ2) is 9.32. The van der Waals surface area contributed by atoms with Crippen LogP contribution < -0.4 is 11.1 Å². The molecule has 3 aromatic rings. The molecule has 0 spiro atoms. The Bertz CT molecular complexity index is 933. The molecule has 146 valence electrons. The van der Waals surface area contributed by atoms with E-state index in [1.165, 1.54) is 0 Å². The van der Waals surface area contributed by atoms with Crippen LogP contribution in [-0.4, -0.2) is 39.2 Å². The summed E-state index contributed by atoms with van der Waals surface area (Å²) in [6.07, 6.45) is 3.02. The predicted octanol–water partition coefficient (Wildman–Crippen LogP) is 3.45. The van der Waals surface area contributed by atoms with E-state index in [4.69, 9.17) is 10.7 Å². The third kappa shape index (κ3) is 4.19. The van der Waals surface area contributed by atoms with Crippen molar-refractivity contribution in [3.63, 3.8) is 0 Å². The lowest BCUT2D eigenvalue weighted by Gasteiger charge is -2.11. The van der Waals surface area contributed by atoms with Gasteiger partial charge in [-0.2, -0.15) is 0 Å². The van der Waals surface area contributed by atoms with Gasteiger partial charge >= 0.3 is 5.97 Å². The normalized spacial score (nSPS) is 10.8. The standard InChI is InChI=1S/C18H23N5O2.C2H6/c1-3-4-5-14-22-15-16(23(14)9-8-20-2)12-7-6-11(18(24)25)10-13(12)21-17(15)19;1-2/h6-7,10,20H,3-5,8-9H2,1-2H3,(H2,19,21)(H,24,25);1-2H3. The Morgan fingerprint density at radius 2 is 2.04 bits per heavy atom. The number of nitrogens with two attached hydrogens (primary N) is 1. The second-order valence-corrected chi connectivity index (χ2v) is 6.12. The van der Waals surface area contributed by atoms with Gasteiger partial charge in [0.1, 0.15) is 11.3 Å². The van der Waals surface area contributed by atoms with Crippen LogP contribution in [-0.2, 0) is 13.0 Å². The molecule has 0 atom stereocenters. The van der Waals surface area contributed by atoms with Gasteiger partial charge in [-0.3, -0.25) is 0 Å². The number of hydrogen-bond donors (Lipinski definition) is 3. The number of unbranched alkanes of at least 4 members (excludes halogenated alkanes) is 1. The van der Waals surface area contributed by atoms with Crippen molar-refractivity contribution >= 4 is 33.7 Å². The Kier molecular flexibility index (Phi) is 7.12. The van der Waals surface area contributed by atoms with Crippen molar-refractivity contribution in [2.75, 3.05) is 19.3 Å². The fourth-order valence-electron chi connectivity index (χ4n) is 3.08. The molecule has 0 saturated heterocycles. The van der Waals surface area contributed by atoms with Crippen molar-refractivity contribution in [3.8, 4) is 0 Å². The summed E-state index contributed by atoms with van der Waals surface area (Å²) >= 11 is 0. The zero-order chi connectivity index (χ0) is 20.0. The van der Waals surface area contributed by atoms with E-state index in [1.54, 1.807) is 18.2 Å². The number of imidazole rings is 1. The van der Waals surface area contributed by atoms with E-state index in [9.17, 15) is 9.90 Å². The van der Waals surface area contributed by atoms with Crippen LogP contribution in [0.3, 0.4) is 0 Å². The van der Waals surface area contributed by atoms with Gasteiger partial charge in [0, 0.05) is 24.9 Å². The number of likely N-dealkylation sites (N-methyl/N-ethyl adjacent to an activating group) is 1. The van der Waals surface area contributed by atoms with E-state index in [0.717, 1.165) is 49.1 Å². The first kappa shape index (κ1) is 20.6. The molecule has 4 N–H and O–H groups in total. The highest BCUT2D eigenvalue weighted by Gasteiger charge is 2.17. The molecule has 7 heteroatoms. The molecule has 27 heavy (non-hydrogen) atoms. The monoisotopic (exact) mass is 371 g/mol. The number of aromatic nitrogens is 3. The number of pyridine rings is 1. The molecule has 1 aromatic carbocycles. The summed E-state index contributed by atoms with van der Waals surface area (Å²) in [4.78, 5) is 20.4. The minimum atomic E-state index is -0.977. The summed E-state index contributed by atoms with van der Waals surface area (Å²) in [6.45, 7) is 7.73. The Morgan fingerprint density at radius 1 is 1.30 bits per heavy atom. The highest BCUT2D eigenvalue weighted by atomic mass is 16.4. The average Bonchev–Trinajstić information content (AvgIpc) is 3.05. The average molecular weight is 371 g/mol. The molecule has 0 aliphatic heterocycles. The van der Waals surface area contributed by atoms with Crippen LogP contribution in [0, 0.1) is 0 Å².